The molecule has 1 amide bonds. The summed E-state index contributed by atoms with van der Waals surface area (Å²) in [4.78, 5) is 25.8. The summed E-state index contributed by atoms with van der Waals surface area (Å²) in [6, 6.07) is 6.31. The highest BCUT2D eigenvalue weighted by Crippen LogP contribution is 2.35. The highest BCUT2D eigenvalue weighted by Gasteiger charge is 2.38. The number of likely N-dealkylation sites (tertiary alicyclic amines) is 1. The zero-order valence-electron chi connectivity index (χ0n) is 15.6. The Morgan fingerprint density at radius 1 is 1.21 bits per heavy atom. The third-order valence-corrected chi connectivity index (χ3v) is 5.76. The molecule has 0 aromatic heterocycles. The second-order valence-electron chi connectivity index (χ2n) is 7.35. The minimum Gasteiger partial charge on any atom is -0.481 e. The van der Waals surface area contributed by atoms with Crippen molar-refractivity contribution in [1.82, 2.24) is 4.90 Å². The van der Waals surface area contributed by atoms with Gasteiger partial charge in [-0.3, -0.25) is 9.59 Å². The lowest BCUT2D eigenvalue weighted by molar-refractivity contribution is -0.152. The maximum Gasteiger partial charge on any atom is 0.387 e. The lowest BCUT2D eigenvalue weighted by atomic mass is 9.74. The Hall–Kier alpha value is -2.22. The third kappa shape index (κ3) is 4.98. The fourth-order valence-electron chi connectivity index (χ4n) is 4.29. The minimum absolute atomic E-state index is 0.00256. The van der Waals surface area contributed by atoms with Crippen LogP contribution in [0, 0.1) is 17.8 Å². The van der Waals surface area contributed by atoms with Gasteiger partial charge < -0.3 is 19.5 Å². The minimum atomic E-state index is -2.94. The molecule has 8 heteroatoms. The summed E-state index contributed by atoms with van der Waals surface area (Å²) in [5.74, 6) is -1.09. The van der Waals surface area contributed by atoms with E-state index in [1.54, 1.807) is 23.1 Å². The summed E-state index contributed by atoms with van der Waals surface area (Å²) in [5, 5.41) is 9.42. The number of nitrogens with zero attached hydrogens (tertiary/aromatic N) is 1. The van der Waals surface area contributed by atoms with E-state index >= 15 is 0 Å². The van der Waals surface area contributed by atoms with E-state index in [2.05, 4.69) is 4.74 Å². The van der Waals surface area contributed by atoms with Crippen LogP contribution >= 0.6 is 0 Å². The first-order valence-corrected chi connectivity index (χ1v) is 9.56. The van der Waals surface area contributed by atoms with Crippen molar-refractivity contribution >= 4 is 11.9 Å². The topological polar surface area (TPSA) is 76.1 Å². The summed E-state index contributed by atoms with van der Waals surface area (Å²) in [6.07, 6.45) is 2.22. The molecule has 28 heavy (non-hydrogen) atoms. The van der Waals surface area contributed by atoms with Gasteiger partial charge in [-0.2, -0.15) is 8.78 Å². The van der Waals surface area contributed by atoms with Crippen molar-refractivity contribution in [3.05, 3.63) is 29.8 Å². The average molecular weight is 397 g/mol. The summed E-state index contributed by atoms with van der Waals surface area (Å²) in [6.45, 7) is -1.02. The third-order valence-electron chi connectivity index (χ3n) is 5.76. The zero-order chi connectivity index (χ0) is 20.1. The number of benzene rings is 1. The van der Waals surface area contributed by atoms with Crippen molar-refractivity contribution in [2.45, 2.75) is 32.3 Å². The van der Waals surface area contributed by atoms with Crippen molar-refractivity contribution in [2.75, 3.05) is 26.3 Å². The number of ether oxygens (including phenoxy) is 2. The largest absolute Gasteiger partial charge is 0.481 e. The van der Waals surface area contributed by atoms with Gasteiger partial charge in [0, 0.05) is 25.3 Å². The van der Waals surface area contributed by atoms with Gasteiger partial charge in [0.1, 0.15) is 5.75 Å². The van der Waals surface area contributed by atoms with Gasteiger partial charge in [0.15, 0.2) is 0 Å². The highest BCUT2D eigenvalue weighted by atomic mass is 19.3. The van der Waals surface area contributed by atoms with Crippen LogP contribution in [-0.4, -0.2) is 54.8 Å². The van der Waals surface area contributed by atoms with Crippen LogP contribution in [0.3, 0.4) is 0 Å². The van der Waals surface area contributed by atoms with Gasteiger partial charge in [-0.15, -0.1) is 0 Å². The van der Waals surface area contributed by atoms with Gasteiger partial charge in [-0.05, 0) is 37.2 Å². The summed E-state index contributed by atoms with van der Waals surface area (Å²) < 4.78 is 34.9. The Bertz CT molecular complexity index is 691. The molecule has 6 nitrogen and oxygen atoms in total. The van der Waals surface area contributed by atoms with Crippen LogP contribution in [0.2, 0.25) is 0 Å². The lowest BCUT2D eigenvalue weighted by Crippen LogP contribution is -2.44. The van der Waals surface area contributed by atoms with Gasteiger partial charge in [0.05, 0.1) is 18.9 Å². The number of hydrogen-bond acceptors (Lipinski definition) is 4. The van der Waals surface area contributed by atoms with Crippen molar-refractivity contribution in [2.24, 2.45) is 17.8 Å². The molecule has 2 heterocycles. The SMILES string of the molecule is O=C(O)[C@@H]1COCC[C@@H]1C1CCN(C(=O)Cc2ccccc2OC(F)F)CC1. The number of halogens is 2. The average Bonchev–Trinajstić information content (AvgIpc) is 2.69. The Morgan fingerprint density at radius 3 is 2.61 bits per heavy atom. The quantitative estimate of drug-likeness (QED) is 0.799. The van der Waals surface area contributed by atoms with Crippen molar-refractivity contribution in [3.63, 3.8) is 0 Å². The number of hydrogen-bond donors (Lipinski definition) is 1. The summed E-state index contributed by atoms with van der Waals surface area (Å²) in [7, 11) is 0. The van der Waals surface area contributed by atoms with Crippen LogP contribution in [0.4, 0.5) is 8.78 Å². The van der Waals surface area contributed by atoms with Crippen LogP contribution in [-0.2, 0) is 20.7 Å². The maximum atomic E-state index is 12.6. The van der Waals surface area contributed by atoms with Gasteiger partial charge >= 0.3 is 12.6 Å². The van der Waals surface area contributed by atoms with Crippen LogP contribution in [0.5, 0.6) is 5.75 Å². The number of carboxylic acids is 1. The van der Waals surface area contributed by atoms with Gasteiger partial charge in [-0.1, -0.05) is 18.2 Å². The van der Waals surface area contributed by atoms with E-state index in [1.165, 1.54) is 6.07 Å². The van der Waals surface area contributed by atoms with Gasteiger partial charge in [0.2, 0.25) is 5.91 Å². The molecule has 2 saturated heterocycles. The second-order valence-corrected chi connectivity index (χ2v) is 7.35. The van der Waals surface area contributed by atoms with Gasteiger partial charge in [0.25, 0.3) is 0 Å². The smallest absolute Gasteiger partial charge is 0.387 e. The number of aliphatic carboxylic acids is 1. The molecule has 0 spiro atoms. The molecule has 1 aromatic rings. The standard InChI is InChI=1S/C20H25F2NO5/c21-20(22)28-17-4-2-1-3-14(17)11-18(24)23-8-5-13(6-9-23)15-7-10-27-12-16(15)19(25)26/h1-4,13,15-16,20H,5-12H2,(H,25,26)/t15-,16-/m1/s1. The lowest BCUT2D eigenvalue weighted by Gasteiger charge is -2.40. The van der Waals surface area contributed by atoms with Gasteiger partial charge in [-0.25, -0.2) is 0 Å². The number of amides is 1. The fraction of sp³-hybridized carbons (Fsp3) is 0.600. The number of carbonyl (C=O) groups is 2. The molecule has 0 saturated carbocycles. The van der Waals surface area contributed by atoms with E-state index in [0.717, 1.165) is 19.3 Å². The molecule has 3 rings (SSSR count). The monoisotopic (exact) mass is 397 g/mol. The van der Waals surface area contributed by atoms with E-state index in [-0.39, 0.29) is 36.5 Å². The van der Waals surface area contributed by atoms with Crippen molar-refractivity contribution < 1.29 is 33.0 Å². The molecule has 0 radical (unpaired) electrons. The Kier molecular flexibility index (Phi) is 6.83. The van der Waals surface area contributed by atoms with E-state index in [0.29, 0.717) is 25.3 Å². The van der Waals surface area contributed by atoms with Crippen LogP contribution < -0.4 is 4.74 Å². The van der Waals surface area contributed by atoms with Crippen LogP contribution in [0.15, 0.2) is 24.3 Å². The van der Waals surface area contributed by atoms with E-state index in [1.807, 2.05) is 0 Å². The zero-order valence-corrected chi connectivity index (χ0v) is 15.6. The Morgan fingerprint density at radius 2 is 1.93 bits per heavy atom. The Labute approximate surface area is 162 Å². The van der Waals surface area contributed by atoms with Crippen LogP contribution in [0.1, 0.15) is 24.8 Å². The van der Waals surface area contributed by atoms with Crippen molar-refractivity contribution in [3.8, 4) is 5.75 Å². The predicted molar refractivity (Wildman–Crippen MR) is 96.1 cm³/mol. The first kappa shape index (κ1) is 20.5. The molecular weight excluding hydrogens is 372 g/mol. The van der Waals surface area contributed by atoms with E-state index < -0.39 is 18.5 Å². The molecule has 0 aliphatic carbocycles. The predicted octanol–water partition coefficient (Wildman–Crippen LogP) is 2.81. The number of rotatable bonds is 6. The normalized spacial score (nSPS) is 23.6. The number of carboxylic acid groups (broad SMARTS) is 1. The highest BCUT2D eigenvalue weighted by molar-refractivity contribution is 5.79. The molecule has 2 aliphatic rings. The number of carbonyl (C=O) groups excluding carboxylic acids is 1. The fourth-order valence-corrected chi connectivity index (χ4v) is 4.29. The molecule has 0 unspecified atom stereocenters. The first-order valence-electron chi connectivity index (χ1n) is 9.56. The first-order chi connectivity index (χ1) is 13.5. The molecular formula is C20H25F2NO5. The second kappa shape index (κ2) is 9.32. The molecule has 2 aliphatic heterocycles. The molecule has 1 aromatic carbocycles. The molecule has 0 bridgehead atoms. The molecule has 2 atom stereocenters. The molecule has 1 N–H and O–H groups in total. The number of piperidine rings is 1. The number of alkyl halides is 2. The maximum absolute atomic E-state index is 12.6. The number of para-hydroxylation sites is 1. The summed E-state index contributed by atoms with van der Waals surface area (Å²) >= 11 is 0. The Balaban J connectivity index is 1.56. The van der Waals surface area contributed by atoms with E-state index in [4.69, 9.17) is 4.74 Å². The molecule has 154 valence electrons. The summed E-state index contributed by atoms with van der Waals surface area (Å²) in [5.41, 5.74) is 0.435. The molecule has 2 fully saturated rings. The van der Waals surface area contributed by atoms with E-state index in [9.17, 15) is 23.5 Å². The van der Waals surface area contributed by atoms with Crippen molar-refractivity contribution in [1.29, 1.82) is 0 Å². The van der Waals surface area contributed by atoms with Crippen LogP contribution in [0.25, 0.3) is 0 Å².